The maximum absolute atomic E-state index is 2.49. The fraction of sp³-hybridized carbons (Fsp3) is 0.0462. The van der Waals surface area contributed by atoms with Crippen molar-refractivity contribution in [3.05, 3.63) is 271 Å². The molecule has 0 spiro atoms. The van der Waals surface area contributed by atoms with Gasteiger partial charge >= 0.3 is 0 Å². The van der Waals surface area contributed by atoms with Crippen LogP contribution in [-0.4, -0.2) is 0 Å². The molecule has 0 aliphatic heterocycles. The first-order valence-corrected chi connectivity index (χ1v) is 23.2. The molecule has 0 saturated heterocycles. The van der Waals surface area contributed by atoms with Crippen LogP contribution in [0.5, 0.6) is 0 Å². The van der Waals surface area contributed by atoms with Gasteiger partial charge in [0.1, 0.15) is 0 Å². The second kappa shape index (κ2) is 15.5. The molecular formula is C65H45N. The smallest absolute Gasteiger partial charge is 0.0711 e. The van der Waals surface area contributed by atoms with Crippen molar-refractivity contribution >= 4 is 60.2 Å². The molecule has 66 heavy (non-hydrogen) atoms. The molecule has 0 heterocycles. The van der Waals surface area contributed by atoms with Crippen molar-refractivity contribution in [2.24, 2.45) is 0 Å². The monoisotopic (exact) mass is 839 g/mol. The molecule has 1 atom stereocenters. The molecule has 13 rings (SSSR count). The molecule has 0 amide bonds. The highest BCUT2D eigenvalue weighted by Gasteiger charge is 2.47. The lowest BCUT2D eigenvalue weighted by molar-refractivity contribution is 0.751. The van der Waals surface area contributed by atoms with Crippen LogP contribution >= 0.6 is 0 Å². The van der Waals surface area contributed by atoms with Crippen LogP contribution in [0.25, 0.3) is 76.5 Å². The van der Waals surface area contributed by atoms with E-state index in [0.717, 1.165) is 29.9 Å². The molecule has 11 aromatic rings. The fourth-order valence-corrected chi connectivity index (χ4v) is 11.4. The third kappa shape index (κ3) is 5.94. The molecule has 0 aromatic heterocycles. The highest BCUT2D eigenvalue weighted by atomic mass is 15.1. The standard InChI is InChI=1S/C65H45N/c1-3-21-48(22-4-1)65(49-23-5-2-6-24-49)63-33-16-15-32-59(63)60-39-38-52(43-64(60)65)66(50-36-34-44(35-37-50)61-41-46-18-7-9-26-53(46)55-28-11-13-30-57(55)61)51-25-17-20-45(40-51)62-42-47-19-8-10-27-54(47)56-29-12-14-31-58(56)62/h1,3-5,7-43H,2,6H2. The zero-order valence-corrected chi connectivity index (χ0v) is 36.5. The molecule has 2 aliphatic carbocycles. The molecule has 1 heteroatoms. The van der Waals surface area contributed by atoms with Crippen molar-refractivity contribution in [1.29, 1.82) is 0 Å². The Morgan fingerprint density at radius 3 is 1.58 bits per heavy atom. The lowest BCUT2D eigenvalue weighted by Crippen LogP contribution is -2.29. The van der Waals surface area contributed by atoms with E-state index in [-0.39, 0.29) is 0 Å². The average Bonchev–Trinajstić information content (AvgIpc) is 3.69. The second-order valence-corrected chi connectivity index (χ2v) is 17.8. The van der Waals surface area contributed by atoms with E-state index < -0.39 is 5.41 Å². The summed E-state index contributed by atoms with van der Waals surface area (Å²) in [7, 11) is 0. The molecule has 0 bridgehead atoms. The summed E-state index contributed by atoms with van der Waals surface area (Å²) in [5.74, 6) is 0. The quantitative estimate of drug-likeness (QED) is 0.145. The molecule has 0 N–H and O–H groups in total. The fourth-order valence-electron chi connectivity index (χ4n) is 11.4. The summed E-state index contributed by atoms with van der Waals surface area (Å²) >= 11 is 0. The highest BCUT2D eigenvalue weighted by Crippen LogP contribution is 2.58. The van der Waals surface area contributed by atoms with E-state index in [0.29, 0.717) is 0 Å². The third-order valence-corrected chi connectivity index (χ3v) is 14.3. The topological polar surface area (TPSA) is 3.24 Å². The Kier molecular flexibility index (Phi) is 8.96. The SMILES string of the molecule is C1=CC(C2(c3ccccc3)c3ccccc3-c3ccc(N(c4ccc(-c5cc6ccccc6c6ccccc56)cc4)c4cccc(-c5cc6ccccc6c6ccccc56)c4)cc32)=CCC1. The maximum atomic E-state index is 2.49. The zero-order valence-electron chi connectivity index (χ0n) is 36.5. The summed E-state index contributed by atoms with van der Waals surface area (Å²) in [6, 6.07) is 85.8. The van der Waals surface area contributed by atoms with Crippen LogP contribution in [0, 0.1) is 0 Å². The Hall–Kier alpha value is -8.26. The van der Waals surface area contributed by atoms with Gasteiger partial charge in [-0.1, -0.05) is 200 Å². The number of fused-ring (bicyclic) bond motifs is 9. The minimum Gasteiger partial charge on any atom is -0.310 e. The van der Waals surface area contributed by atoms with Gasteiger partial charge in [0.2, 0.25) is 0 Å². The minimum atomic E-state index is -0.474. The molecule has 1 unspecified atom stereocenters. The van der Waals surface area contributed by atoms with Gasteiger partial charge in [-0.25, -0.2) is 0 Å². The lowest BCUT2D eigenvalue weighted by Gasteiger charge is -2.36. The number of rotatable bonds is 7. The predicted octanol–water partition coefficient (Wildman–Crippen LogP) is 17.7. The molecular weight excluding hydrogens is 795 g/mol. The van der Waals surface area contributed by atoms with Crippen molar-refractivity contribution in [2.45, 2.75) is 18.3 Å². The van der Waals surface area contributed by atoms with Gasteiger partial charge in [-0.2, -0.15) is 0 Å². The molecule has 2 aliphatic rings. The van der Waals surface area contributed by atoms with Crippen LogP contribution in [0.3, 0.4) is 0 Å². The molecule has 0 radical (unpaired) electrons. The van der Waals surface area contributed by atoms with Crippen molar-refractivity contribution in [1.82, 2.24) is 0 Å². The number of allylic oxidation sites excluding steroid dienone is 4. The van der Waals surface area contributed by atoms with Gasteiger partial charge < -0.3 is 4.90 Å². The highest BCUT2D eigenvalue weighted by molar-refractivity contribution is 6.15. The van der Waals surface area contributed by atoms with Gasteiger partial charge in [-0.15, -0.1) is 0 Å². The normalized spacial score (nSPS) is 15.2. The summed E-state index contributed by atoms with van der Waals surface area (Å²) in [5.41, 5.74) is 15.6. The number of anilines is 3. The number of hydrogen-bond donors (Lipinski definition) is 0. The van der Waals surface area contributed by atoms with Crippen molar-refractivity contribution < 1.29 is 0 Å². The van der Waals surface area contributed by atoms with Crippen LogP contribution in [0.15, 0.2) is 254 Å². The van der Waals surface area contributed by atoms with Gasteiger partial charge in [0.05, 0.1) is 5.41 Å². The summed E-state index contributed by atoms with van der Waals surface area (Å²) < 4.78 is 0. The van der Waals surface area contributed by atoms with Gasteiger partial charge in [0.15, 0.2) is 0 Å². The van der Waals surface area contributed by atoms with E-state index in [1.807, 2.05) is 0 Å². The second-order valence-electron chi connectivity index (χ2n) is 17.8. The molecule has 0 fully saturated rings. The van der Waals surface area contributed by atoms with Crippen LogP contribution in [0.1, 0.15) is 29.5 Å². The van der Waals surface area contributed by atoms with Gasteiger partial charge in [0.25, 0.3) is 0 Å². The van der Waals surface area contributed by atoms with Crippen LogP contribution < -0.4 is 4.90 Å². The first kappa shape index (κ1) is 38.2. The third-order valence-electron chi connectivity index (χ3n) is 14.3. The average molecular weight is 840 g/mol. The molecule has 310 valence electrons. The van der Waals surface area contributed by atoms with E-state index in [2.05, 4.69) is 254 Å². The minimum absolute atomic E-state index is 0.474. The van der Waals surface area contributed by atoms with Gasteiger partial charge in [-0.05, 0) is 160 Å². The van der Waals surface area contributed by atoms with E-state index in [1.165, 1.54) is 98.7 Å². The van der Waals surface area contributed by atoms with Crippen LogP contribution in [-0.2, 0) is 5.41 Å². The number of benzene rings is 11. The molecule has 11 aromatic carbocycles. The van der Waals surface area contributed by atoms with Crippen molar-refractivity contribution in [3.63, 3.8) is 0 Å². The first-order chi connectivity index (χ1) is 32.7. The number of nitrogens with zero attached hydrogens (tertiary/aromatic N) is 1. The van der Waals surface area contributed by atoms with Crippen molar-refractivity contribution in [2.75, 3.05) is 4.90 Å². The Labute approximate surface area is 385 Å². The van der Waals surface area contributed by atoms with Crippen molar-refractivity contribution in [3.8, 4) is 33.4 Å². The summed E-state index contributed by atoms with van der Waals surface area (Å²) in [6.45, 7) is 0. The predicted molar refractivity (Wildman–Crippen MR) is 280 cm³/mol. The Bertz CT molecular complexity index is 3760. The molecule has 0 saturated carbocycles. The largest absolute Gasteiger partial charge is 0.310 e. The summed E-state index contributed by atoms with van der Waals surface area (Å²) in [6.07, 6.45) is 9.32. The van der Waals surface area contributed by atoms with Crippen LogP contribution in [0.2, 0.25) is 0 Å². The first-order valence-electron chi connectivity index (χ1n) is 23.2. The number of hydrogen-bond acceptors (Lipinski definition) is 1. The maximum Gasteiger partial charge on any atom is 0.0711 e. The molecule has 1 nitrogen and oxygen atoms in total. The Morgan fingerprint density at radius 2 is 0.894 bits per heavy atom. The zero-order chi connectivity index (χ0) is 43.6. The lowest BCUT2D eigenvalue weighted by atomic mass is 9.66. The Morgan fingerprint density at radius 1 is 0.333 bits per heavy atom. The van der Waals surface area contributed by atoms with E-state index in [1.54, 1.807) is 0 Å². The summed E-state index contributed by atoms with van der Waals surface area (Å²) in [4.78, 5) is 2.47. The Balaban J connectivity index is 1.03. The van der Waals surface area contributed by atoms with E-state index in [9.17, 15) is 0 Å². The van der Waals surface area contributed by atoms with E-state index >= 15 is 0 Å². The summed E-state index contributed by atoms with van der Waals surface area (Å²) in [5, 5.41) is 10.1. The van der Waals surface area contributed by atoms with Crippen LogP contribution in [0.4, 0.5) is 17.1 Å². The van der Waals surface area contributed by atoms with Gasteiger partial charge in [0, 0.05) is 17.1 Å². The van der Waals surface area contributed by atoms with Gasteiger partial charge in [-0.3, -0.25) is 0 Å². The van der Waals surface area contributed by atoms with E-state index in [4.69, 9.17) is 0 Å².